The molecule has 67 heavy (non-hydrogen) atoms. The summed E-state index contributed by atoms with van der Waals surface area (Å²) in [5, 5.41) is 47.3. The summed E-state index contributed by atoms with van der Waals surface area (Å²) in [5.41, 5.74) is 3.62. The topological polar surface area (TPSA) is 196 Å². The number of hydrogen-bond acceptors (Lipinski definition) is 12. The van der Waals surface area contributed by atoms with Crippen molar-refractivity contribution in [1.29, 1.82) is 0 Å². The number of nitro benzene ring substituents is 2. The van der Waals surface area contributed by atoms with Gasteiger partial charge in [0.15, 0.2) is 0 Å². The summed E-state index contributed by atoms with van der Waals surface area (Å²) in [7, 11) is 1.66. The molecule has 3 aliphatic rings. The minimum absolute atomic E-state index is 0.00978. The summed E-state index contributed by atoms with van der Waals surface area (Å²) in [6.07, 6.45) is 10.9. The first-order chi connectivity index (χ1) is 32.5. The van der Waals surface area contributed by atoms with Crippen LogP contribution in [0.3, 0.4) is 0 Å². The molecule has 1 heterocycles. The second-order valence-corrected chi connectivity index (χ2v) is 17.0. The molecule has 0 saturated heterocycles. The fourth-order valence-electron chi connectivity index (χ4n) is 9.64. The Kier molecular flexibility index (Phi) is 15.9. The number of aliphatic hydroxyl groups is 2. The second-order valence-electron chi connectivity index (χ2n) is 17.0. The smallest absolute Gasteiger partial charge is 0.269 e. The summed E-state index contributed by atoms with van der Waals surface area (Å²) in [4.78, 5) is 43.7. The summed E-state index contributed by atoms with van der Waals surface area (Å²) in [5.74, 6) is -2.44. The number of allylic oxidation sites excluding steroid dienone is 1. The second kappa shape index (κ2) is 22.2. The number of hydrogen-bond donors (Lipinski definition) is 2. The molecule has 7 rings (SSSR count). The molecule has 1 saturated carbocycles. The van der Waals surface area contributed by atoms with Crippen LogP contribution in [0.4, 0.5) is 15.8 Å². The van der Waals surface area contributed by atoms with Crippen LogP contribution in [0.5, 0.6) is 11.5 Å². The van der Waals surface area contributed by atoms with Crippen molar-refractivity contribution < 1.29 is 48.3 Å². The van der Waals surface area contributed by atoms with Crippen molar-refractivity contribution in [3.05, 3.63) is 170 Å². The minimum Gasteiger partial charge on any atom is -0.489 e. The summed E-state index contributed by atoms with van der Waals surface area (Å²) >= 11 is 0. The number of ether oxygens (including phenoxy) is 3. The predicted molar refractivity (Wildman–Crippen MR) is 248 cm³/mol. The number of unbranched alkanes of at least 4 members (excludes halogenated alkanes) is 2. The van der Waals surface area contributed by atoms with Crippen LogP contribution >= 0.6 is 0 Å². The summed E-state index contributed by atoms with van der Waals surface area (Å²) < 4.78 is 35.2. The van der Waals surface area contributed by atoms with Crippen LogP contribution < -0.4 is 9.47 Å². The van der Waals surface area contributed by atoms with E-state index in [-0.39, 0.29) is 74.4 Å². The zero-order valence-corrected chi connectivity index (χ0v) is 37.3. The maximum atomic E-state index is 14.8. The highest BCUT2D eigenvalue weighted by molar-refractivity contribution is 6.03. The van der Waals surface area contributed by atoms with Crippen LogP contribution in [0.25, 0.3) is 6.08 Å². The lowest BCUT2D eigenvalue weighted by molar-refractivity contribution is -0.385. The van der Waals surface area contributed by atoms with Gasteiger partial charge in [-0.25, -0.2) is 4.39 Å². The van der Waals surface area contributed by atoms with Crippen LogP contribution in [0.1, 0.15) is 73.1 Å². The highest BCUT2D eigenvalue weighted by atomic mass is 19.1. The van der Waals surface area contributed by atoms with E-state index in [1.165, 1.54) is 36.4 Å². The number of nitrogens with zero attached hydrogens (tertiary/aromatic N) is 4. The molecule has 1 amide bonds. The Hall–Kier alpha value is -6.75. The number of carbonyl (C=O) groups is 1. The molecular formula is C51H55FN4O11. The van der Waals surface area contributed by atoms with Gasteiger partial charge in [-0.1, -0.05) is 48.3 Å². The zero-order valence-electron chi connectivity index (χ0n) is 37.3. The third kappa shape index (κ3) is 10.9. The number of amides is 1. The number of oxime groups is 1. The van der Waals surface area contributed by atoms with Gasteiger partial charge in [0.1, 0.15) is 36.6 Å². The van der Waals surface area contributed by atoms with Crippen LogP contribution in [0.2, 0.25) is 0 Å². The normalized spacial score (nSPS) is 22.2. The molecule has 0 bridgehead atoms. The Morgan fingerprint density at radius 1 is 0.940 bits per heavy atom. The summed E-state index contributed by atoms with van der Waals surface area (Å²) in [6, 6.07) is 22.9. The number of fused-ring (bicyclic) bond motifs is 2. The Labute approximate surface area is 388 Å². The quantitative estimate of drug-likeness (QED) is 0.0251. The van der Waals surface area contributed by atoms with Crippen LogP contribution in [-0.2, 0) is 27.6 Å². The van der Waals surface area contributed by atoms with E-state index < -0.39 is 33.5 Å². The number of non-ortho nitro benzene ring substituents is 2. The van der Waals surface area contributed by atoms with Gasteiger partial charge in [0.05, 0.1) is 28.1 Å². The van der Waals surface area contributed by atoms with Crippen molar-refractivity contribution in [1.82, 2.24) is 4.90 Å². The average Bonchev–Trinajstić information content (AvgIpc) is 3.33. The highest BCUT2D eigenvalue weighted by Crippen LogP contribution is 2.62. The van der Waals surface area contributed by atoms with E-state index in [1.807, 2.05) is 12.1 Å². The fraction of sp³-hybridized carbons (Fsp3) is 0.373. The van der Waals surface area contributed by atoms with Crippen LogP contribution in [-0.4, -0.2) is 75.3 Å². The van der Waals surface area contributed by atoms with Crippen molar-refractivity contribution in [2.75, 3.05) is 26.9 Å². The predicted octanol–water partition coefficient (Wildman–Crippen LogP) is 9.23. The molecular weight excluding hydrogens is 864 g/mol. The standard InChI is InChI=1S/C51H55FN4O11/c1-3-28-65-51-47(54(2)48(59)25-18-34-14-19-38(20-15-34)55(60)61)31-45(53-66-32-35-16-21-39(22-17-35)56(62)63)42-29-36(10-6-8-26-57)41(12-7-9-27-58)49(50(42)51)43-30-40(23-24-46(43)67-51)64-33-37-11-4-5-13-44(37)52/h3-5,11,13-25,29-30,36,41,47,49-50,57-58H,1,6-10,12,26-28,31-33H2,2H3. The molecule has 16 heteroatoms. The number of carbonyl (C=O) groups excluding carboxylic acids is 1. The molecule has 6 unspecified atom stereocenters. The van der Waals surface area contributed by atoms with E-state index in [0.29, 0.717) is 59.6 Å². The van der Waals surface area contributed by atoms with Crippen molar-refractivity contribution in [3.63, 3.8) is 0 Å². The van der Waals surface area contributed by atoms with E-state index in [2.05, 4.69) is 12.7 Å². The lowest BCUT2D eigenvalue weighted by atomic mass is 9.55. The molecule has 2 aliphatic carbocycles. The molecule has 0 spiro atoms. The number of aliphatic hydroxyl groups excluding tert-OH is 2. The van der Waals surface area contributed by atoms with E-state index in [9.17, 15) is 39.6 Å². The van der Waals surface area contributed by atoms with E-state index in [4.69, 9.17) is 24.2 Å². The Morgan fingerprint density at radius 2 is 1.63 bits per heavy atom. The van der Waals surface area contributed by atoms with E-state index >= 15 is 0 Å². The van der Waals surface area contributed by atoms with Crippen molar-refractivity contribution in [2.45, 2.75) is 75.9 Å². The largest absolute Gasteiger partial charge is 0.489 e. The van der Waals surface area contributed by atoms with Crippen molar-refractivity contribution in [2.24, 2.45) is 22.9 Å². The van der Waals surface area contributed by atoms with Gasteiger partial charge < -0.3 is 34.2 Å². The van der Waals surface area contributed by atoms with Gasteiger partial charge in [-0.05, 0) is 109 Å². The first-order valence-electron chi connectivity index (χ1n) is 22.5. The van der Waals surface area contributed by atoms with Gasteiger partial charge in [-0.15, -0.1) is 6.58 Å². The minimum atomic E-state index is -1.54. The third-order valence-electron chi connectivity index (χ3n) is 12.9. The SMILES string of the molecule is C=CCOC12Oc3ccc(OCc4ccccc4F)cc3C3C(CCCCO)C(CCCCO)C=C(C(=NOCc4ccc([N+](=O)[O-])cc4)CC1N(C)C(=O)C=Cc1ccc([N+](=O)[O-])cc1)C32. The molecule has 4 aromatic carbocycles. The fourth-order valence-corrected chi connectivity index (χ4v) is 9.64. The monoisotopic (exact) mass is 918 g/mol. The lowest BCUT2D eigenvalue weighted by Gasteiger charge is -2.59. The van der Waals surface area contributed by atoms with Crippen molar-refractivity contribution >= 4 is 29.1 Å². The van der Waals surface area contributed by atoms with Gasteiger partial charge in [-0.3, -0.25) is 25.0 Å². The Bertz CT molecular complexity index is 2490. The first kappa shape index (κ1) is 48.2. The van der Waals surface area contributed by atoms with Gasteiger partial charge in [0, 0.05) is 74.1 Å². The number of halogens is 1. The Balaban J connectivity index is 1.37. The van der Waals surface area contributed by atoms with Crippen LogP contribution in [0.15, 0.2) is 127 Å². The van der Waals surface area contributed by atoms with E-state index in [0.717, 1.165) is 24.0 Å². The van der Waals surface area contributed by atoms with Gasteiger partial charge >= 0.3 is 0 Å². The molecule has 2 N–H and O–H groups in total. The first-order valence-corrected chi connectivity index (χ1v) is 22.5. The molecule has 1 aliphatic heterocycles. The number of nitro groups is 2. The third-order valence-corrected chi connectivity index (χ3v) is 12.9. The zero-order chi connectivity index (χ0) is 47.5. The lowest BCUT2D eigenvalue weighted by Crippen LogP contribution is -2.69. The molecule has 1 fully saturated rings. The number of rotatable bonds is 22. The van der Waals surface area contributed by atoms with Gasteiger partial charge in [0.25, 0.3) is 11.4 Å². The van der Waals surface area contributed by atoms with Crippen LogP contribution in [0, 0.1) is 43.8 Å². The number of benzene rings is 4. The number of likely N-dealkylation sites (N-methyl/N-ethyl adjacent to an activating group) is 1. The molecule has 0 radical (unpaired) electrons. The molecule has 4 aromatic rings. The van der Waals surface area contributed by atoms with Gasteiger partial charge in [0.2, 0.25) is 11.7 Å². The summed E-state index contributed by atoms with van der Waals surface area (Å²) in [6.45, 7) is 4.03. The maximum absolute atomic E-state index is 14.8. The molecule has 352 valence electrons. The Morgan fingerprint density at radius 3 is 2.30 bits per heavy atom. The maximum Gasteiger partial charge on any atom is 0.269 e. The molecule has 6 atom stereocenters. The molecule has 15 nitrogen and oxygen atoms in total. The highest BCUT2D eigenvalue weighted by Gasteiger charge is 2.65. The van der Waals surface area contributed by atoms with Gasteiger partial charge in [-0.2, -0.15) is 0 Å². The molecule has 0 aromatic heterocycles. The average molecular weight is 919 g/mol. The van der Waals surface area contributed by atoms with Crippen molar-refractivity contribution in [3.8, 4) is 11.5 Å². The van der Waals surface area contributed by atoms with E-state index in [1.54, 1.807) is 72.6 Å².